The van der Waals surface area contributed by atoms with Crippen molar-refractivity contribution in [1.29, 1.82) is 0 Å². The van der Waals surface area contributed by atoms with Crippen LogP contribution in [-0.2, 0) is 11.8 Å². The third kappa shape index (κ3) is 2.70. The molecule has 3 aromatic heterocycles. The number of rotatable bonds is 3. The number of aromatic amines is 1. The first-order valence-corrected chi connectivity index (χ1v) is 7.24. The van der Waals surface area contributed by atoms with Crippen molar-refractivity contribution in [3.8, 4) is 5.95 Å². The number of aromatic nitrogens is 6. The lowest BCUT2D eigenvalue weighted by atomic mass is 10.4. The van der Waals surface area contributed by atoms with E-state index in [0.29, 0.717) is 22.5 Å². The lowest BCUT2D eigenvalue weighted by Crippen LogP contribution is -2.23. The number of carbonyl (C=O) groups is 1. The normalized spacial score (nSPS) is 12.5. The molecule has 2 N–H and O–H groups in total. The summed E-state index contributed by atoms with van der Waals surface area (Å²) in [7, 11) is 1.69. The molecule has 3 aromatic rings. The first-order chi connectivity index (χ1) is 10.9. The fourth-order valence-electron chi connectivity index (χ4n) is 2.10. The fraction of sp³-hybridized carbons (Fsp3) is 0.308. The Kier molecular flexibility index (Phi) is 3.64. The van der Waals surface area contributed by atoms with Gasteiger partial charge in [-0.2, -0.15) is 19.9 Å². The van der Waals surface area contributed by atoms with Gasteiger partial charge in [0.1, 0.15) is 16.6 Å². The van der Waals surface area contributed by atoms with Crippen LogP contribution in [0.1, 0.15) is 12.6 Å². The summed E-state index contributed by atoms with van der Waals surface area (Å²) in [5.74, 6) is 0.165. The molecule has 0 bridgehead atoms. The van der Waals surface area contributed by atoms with Gasteiger partial charge in [-0.1, -0.05) is 0 Å². The van der Waals surface area contributed by atoms with Gasteiger partial charge in [-0.3, -0.25) is 19.3 Å². The molecule has 3 rings (SSSR count). The monoisotopic (exact) mass is 335 g/mol. The number of nitrogens with one attached hydrogen (secondary N) is 2. The smallest absolute Gasteiger partial charge is 0.263 e. The summed E-state index contributed by atoms with van der Waals surface area (Å²) in [5.41, 5.74) is 0.726. The maximum absolute atomic E-state index is 12.1. The summed E-state index contributed by atoms with van der Waals surface area (Å²) < 4.78 is 2.84. The number of amides is 1. The third-order valence-corrected chi connectivity index (χ3v) is 3.43. The number of hydrogen-bond donors (Lipinski definition) is 2. The zero-order chi connectivity index (χ0) is 16.7. The number of fused-ring (bicyclic) bond motifs is 1. The van der Waals surface area contributed by atoms with Crippen LogP contribution in [0, 0.1) is 6.92 Å². The Hall–Kier alpha value is -2.68. The molecule has 3 heterocycles. The van der Waals surface area contributed by atoms with E-state index < -0.39 is 5.38 Å². The van der Waals surface area contributed by atoms with Crippen LogP contribution in [0.4, 0.5) is 5.82 Å². The Balaban J connectivity index is 2.13. The van der Waals surface area contributed by atoms with Crippen LogP contribution < -0.4 is 10.9 Å². The van der Waals surface area contributed by atoms with Gasteiger partial charge in [0.25, 0.3) is 5.56 Å². The molecule has 0 saturated carbocycles. The molecule has 9 nitrogen and oxygen atoms in total. The van der Waals surface area contributed by atoms with E-state index in [4.69, 9.17) is 11.6 Å². The minimum absolute atomic E-state index is 0.178. The van der Waals surface area contributed by atoms with Crippen molar-refractivity contribution in [2.45, 2.75) is 19.2 Å². The van der Waals surface area contributed by atoms with Gasteiger partial charge in [0, 0.05) is 13.1 Å². The second-order valence-corrected chi connectivity index (χ2v) is 5.74. The van der Waals surface area contributed by atoms with Gasteiger partial charge < -0.3 is 5.32 Å². The van der Waals surface area contributed by atoms with Crippen LogP contribution in [0.25, 0.3) is 17.0 Å². The van der Waals surface area contributed by atoms with E-state index >= 15 is 0 Å². The quantitative estimate of drug-likeness (QED) is 0.685. The zero-order valence-corrected chi connectivity index (χ0v) is 13.4. The van der Waals surface area contributed by atoms with Crippen molar-refractivity contribution in [2.75, 3.05) is 5.32 Å². The van der Waals surface area contributed by atoms with Crippen LogP contribution >= 0.6 is 11.6 Å². The van der Waals surface area contributed by atoms with E-state index in [1.54, 1.807) is 27.0 Å². The second-order valence-electron chi connectivity index (χ2n) is 5.08. The average molecular weight is 336 g/mol. The predicted octanol–water partition coefficient (Wildman–Crippen LogP) is 0.717. The highest BCUT2D eigenvalue weighted by Crippen LogP contribution is 2.16. The van der Waals surface area contributed by atoms with Crippen molar-refractivity contribution >= 4 is 34.4 Å². The number of carbonyl (C=O) groups excluding carboxylic acids is 1. The zero-order valence-electron chi connectivity index (χ0n) is 12.7. The highest BCUT2D eigenvalue weighted by atomic mass is 35.5. The lowest BCUT2D eigenvalue weighted by molar-refractivity contribution is -0.115. The standard InChI is InChI=1S/C13H14ClN7O2/c1-6-4-9(16-11(22)7(2)14)21(19-6)13-17-10-8(12(23)18-13)5-15-20(10)3/h4-5,7H,1-3H3,(H,16,22)(H,17,18,23). The molecular weight excluding hydrogens is 322 g/mol. The Labute approximate surface area is 135 Å². The molecule has 0 aliphatic carbocycles. The molecule has 1 amide bonds. The Morgan fingerprint density at radius 3 is 2.91 bits per heavy atom. The number of nitrogens with zero attached hydrogens (tertiary/aromatic N) is 5. The topological polar surface area (TPSA) is 110 Å². The maximum Gasteiger partial charge on any atom is 0.263 e. The van der Waals surface area contributed by atoms with Gasteiger partial charge in [0.15, 0.2) is 5.65 Å². The SMILES string of the molecule is Cc1cc(NC(=O)C(C)Cl)n(-c2nc3c(cnn3C)c(=O)[nH]2)n1. The molecule has 120 valence electrons. The first-order valence-electron chi connectivity index (χ1n) is 6.81. The molecule has 0 aliphatic heterocycles. The van der Waals surface area contributed by atoms with Gasteiger partial charge in [0.05, 0.1) is 11.9 Å². The number of anilines is 1. The summed E-state index contributed by atoms with van der Waals surface area (Å²) in [6.45, 7) is 3.32. The van der Waals surface area contributed by atoms with Gasteiger partial charge in [0.2, 0.25) is 11.9 Å². The number of alkyl halides is 1. The molecule has 0 fully saturated rings. The molecule has 1 unspecified atom stereocenters. The maximum atomic E-state index is 12.1. The number of hydrogen-bond acceptors (Lipinski definition) is 5. The molecule has 0 spiro atoms. The van der Waals surface area contributed by atoms with Crippen LogP contribution in [0.3, 0.4) is 0 Å². The third-order valence-electron chi connectivity index (χ3n) is 3.23. The van der Waals surface area contributed by atoms with E-state index in [-0.39, 0.29) is 17.4 Å². The van der Waals surface area contributed by atoms with Crippen LogP contribution in [0.15, 0.2) is 17.1 Å². The Morgan fingerprint density at radius 1 is 1.48 bits per heavy atom. The number of H-pyrrole nitrogens is 1. The lowest BCUT2D eigenvalue weighted by Gasteiger charge is -2.09. The van der Waals surface area contributed by atoms with E-state index in [2.05, 4.69) is 25.5 Å². The van der Waals surface area contributed by atoms with E-state index in [9.17, 15) is 9.59 Å². The van der Waals surface area contributed by atoms with Crippen molar-refractivity contribution in [3.63, 3.8) is 0 Å². The fourth-order valence-corrected chi connectivity index (χ4v) is 2.15. The van der Waals surface area contributed by atoms with E-state index in [1.807, 2.05) is 0 Å². The van der Waals surface area contributed by atoms with Crippen molar-refractivity contribution in [1.82, 2.24) is 29.5 Å². The number of halogens is 1. The second kappa shape index (κ2) is 5.51. The van der Waals surface area contributed by atoms with Gasteiger partial charge in [-0.15, -0.1) is 11.6 Å². The largest absolute Gasteiger partial charge is 0.309 e. The first kappa shape index (κ1) is 15.2. The van der Waals surface area contributed by atoms with E-state index in [1.165, 1.54) is 15.6 Å². The van der Waals surface area contributed by atoms with Gasteiger partial charge >= 0.3 is 0 Å². The Bertz CT molecular complexity index is 953. The van der Waals surface area contributed by atoms with E-state index in [0.717, 1.165) is 0 Å². The van der Waals surface area contributed by atoms with Crippen molar-refractivity contribution in [2.24, 2.45) is 7.05 Å². The average Bonchev–Trinajstić information content (AvgIpc) is 3.03. The summed E-state index contributed by atoms with van der Waals surface area (Å²) >= 11 is 5.77. The molecule has 23 heavy (non-hydrogen) atoms. The molecule has 0 radical (unpaired) electrons. The summed E-state index contributed by atoms with van der Waals surface area (Å²) in [4.78, 5) is 30.9. The molecular formula is C13H14ClN7O2. The molecule has 0 saturated heterocycles. The number of aryl methyl sites for hydroxylation is 2. The van der Waals surface area contributed by atoms with Crippen LogP contribution in [0.5, 0.6) is 0 Å². The van der Waals surface area contributed by atoms with Gasteiger partial charge in [-0.05, 0) is 13.8 Å². The Morgan fingerprint density at radius 2 is 2.22 bits per heavy atom. The van der Waals surface area contributed by atoms with Crippen molar-refractivity contribution in [3.05, 3.63) is 28.3 Å². The molecule has 0 aromatic carbocycles. The van der Waals surface area contributed by atoms with Crippen LogP contribution in [-0.4, -0.2) is 40.8 Å². The minimum atomic E-state index is -0.704. The highest BCUT2D eigenvalue weighted by Gasteiger charge is 2.17. The predicted molar refractivity (Wildman–Crippen MR) is 84.9 cm³/mol. The molecule has 0 aliphatic rings. The summed E-state index contributed by atoms with van der Waals surface area (Å²) in [6, 6.07) is 1.66. The summed E-state index contributed by atoms with van der Waals surface area (Å²) in [6.07, 6.45) is 1.44. The molecule has 1 atom stereocenters. The molecule has 10 heteroatoms. The highest BCUT2D eigenvalue weighted by molar-refractivity contribution is 6.32. The minimum Gasteiger partial charge on any atom is -0.309 e. The summed E-state index contributed by atoms with van der Waals surface area (Å²) in [5, 5.41) is 10.6. The van der Waals surface area contributed by atoms with Crippen molar-refractivity contribution < 1.29 is 4.79 Å². The van der Waals surface area contributed by atoms with Crippen LogP contribution in [0.2, 0.25) is 0 Å². The van der Waals surface area contributed by atoms with Gasteiger partial charge in [-0.25, -0.2) is 0 Å².